The van der Waals surface area contributed by atoms with Crippen molar-refractivity contribution in [1.29, 1.82) is 0 Å². The molecule has 2 aromatic rings. The predicted octanol–water partition coefficient (Wildman–Crippen LogP) is 3.67. The lowest BCUT2D eigenvalue weighted by Gasteiger charge is -2.33. The highest BCUT2D eigenvalue weighted by atomic mass is 127. The highest BCUT2D eigenvalue weighted by Crippen LogP contribution is 2.35. The monoisotopic (exact) mass is 538 g/mol. The standard InChI is InChI=1S/C19H25F3N6O.HI/c1-2-23-18(28-10-7-14(8-11-28)17-25-13-26-27-17)24-9-12-29-16-6-4-3-5-15(16)19(20,21)22;/h3-6,13-14H,2,7-12H2,1H3,(H,23,24)(H,25,26,27);1H. The Kier molecular flexibility index (Phi) is 9.18. The van der Waals surface area contributed by atoms with Crippen molar-refractivity contribution in [2.45, 2.75) is 31.9 Å². The molecule has 1 aromatic carbocycles. The van der Waals surface area contributed by atoms with Crippen LogP contribution in [0.1, 0.15) is 37.1 Å². The minimum atomic E-state index is -4.44. The van der Waals surface area contributed by atoms with Crippen molar-refractivity contribution in [2.75, 3.05) is 32.8 Å². The number of para-hydroxylation sites is 1. The summed E-state index contributed by atoms with van der Waals surface area (Å²) in [5, 5.41) is 10.1. The van der Waals surface area contributed by atoms with E-state index in [4.69, 9.17) is 4.74 Å². The van der Waals surface area contributed by atoms with Gasteiger partial charge in [0.15, 0.2) is 5.96 Å². The first-order valence-corrected chi connectivity index (χ1v) is 9.66. The molecule has 0 radical (unpaired) electrons. The van der Waals surface area contributed by atoms with Gasteiger partial charge >= 0.3 is 6.18 Å². The van der Waals surface area contributed by atoms with Crippen molar-refractivity contribution in [3.63, 3.8) is 0 Å². The van der Waals surface area contributed by atoms with E-state index in [9.17, 15) is 13.2 Å². The van der Waals surface area contributed by atoms with Gasteiger partial charge in [0.2, 0.25) is 0 Å². The molecule has 2 heterocycles. The molecule has 0 atom stereocenters. The number of aliphatic imine (C=N–C) groups is 1. The molecule has 1 aliphatic heterocycles. The van der Waals surface area contributed by atoms with E-state index in [-0.39, 0.29) is 42.9 Å². The minimum absolute atomic E-state index is 0. The Hall–Kier alpha value is -2.05. The molecular weight excluding hydrogens is 512 g/mol. The van der Waals surface area contributed by atoms with E-state index in [0.29, 0.717) is 12.5 Å². The van der Waals surface area contributed by atoms with Gasteiger partial charge in [-0.1, -0.05) is 12.1 Å². The molecule has 0 aliphatic carbocycles. The maximum Gasteiger partial charge on any atom is 0.419 e. The summed E-state index contributed by atoms with van der Waals surface area (Å²) in [4.78, 5) is 10.9. The van der Waals surface area contributed by atoms with Crippen LogP contribution in [0, 0.1) is 0 Å². The number of benzene rings is 1. The van der Waals surface area contributed by atoms with Crippen LogP contribution in [-0.2, 0) is 6.18 Å². The number of halogens is 4. The average molecular weight is 538 g/mol. The van der Waals surface area contributed by atoms with E-state index in [2.05, 4.69) is 30.4 Å². The number of guanidine groups is 1. The average Bonchev–Trinajstić information content (AvgIpc) is 3.25. The zero-order chi connectivity index (χ0) is 20.7. The van der Waals surface area contributed by atoms with Gasteiger partial charge in [0.05, 0.1) is 12.1 Å². The lowest BCUT2D eigenvalue weighted by molar-refractivity contribution is -0.138. The Balaban J connectivity index is 0.00000320. The first-order chi connectivity index (χ1) is 14.0. The molecule has 1 saturated heterocycles. The van der Waals surface area contributed by atoms with E-state index in [0.717, 1.165) is 43.8 Å². The van der Waals surface area contributed by atoms with E-state index in [1.807, 2.05) is 6.92 Å². The van der Waals surface area contributed by atoms with Crippen molar-refractivity contribution in [3.05, 3.63) is 42.0 Å². The summed E-state index contributed by atoms with van der Waals surface area (Å²) in [5.41, 5.74) is -0.773. The van der Waals surface area contributed by atoms with E-state index in [1.165, 1.54) is 24.5 Å². The number of H-pyrrole nitrogens is 1. The quantitative estimate of drug-likeness (QED) is 0.254. The van der Waals surface area contributed by atoms with Gasteiger partial charge in [-0.05, 0) is 31.9 Å². The van der Waals surface area contributed by atoms with Gasteiger partial charge in [0.25, 0.3) is 0 Å². The molecule has 7 nitrogen and oxygen atoms in total. The second-order valence-corrected chi connectivity index (χ2v) is 6.71. The third kappa shape index (κ3) is 6.47. The second-order valence-electron chi connectivity index (χ2n) is 6.71. The fraction of sp³-hybridized carbons (Fsp3) is 0.526. The fourth-order valence-corrected chi connectivity index (χ4v) is 3.34. The van der Waals surface area contributed by atoms with Crippen LogP contribution in [0.15, 0.2) is 35.6 Å². The number of nitrogens with zero attached hydrogens (tertiary/aromatic N) is 4. The highest BCUT2D eigenvalue weighted by molar-refractivity contribution is 14.0. The summed E-state index contributed by atoms with van der Waals surface area (Å²) in [6.07, 6.45) is -1.07. The molecule has 0 unspecified atom stereocenters. The number of likely N-dealkylation sites (tertiary alicyclic amines) is 1. The number of ether oxygens (including phenoxy) is 1. The molecule has 0 amide bonds. The van der Waals surface area contributed by atoms with E-state index >= 15 is 0 Å². The molecule has 1 fully saturated rings. The van der Waals surface area contributed by atoms with Crippen LogP contribution in [0.3, 0.4) is 0 Å². The zero-order valence-corrected chi connectivity index (χ0v) is 19.0. The van der Waals surface area contributed by atoms with Gasteiger partial charge in [0.1, 0.15) is 24.5 Å². The number of alkyl halides is 3. The van der Waals surface area contributed by atoms with Crippen molar-refractivity contribution in [2.24, 2.45) is 4.99 Å². The third-order valence-corrected chi connectivity index (χ3v) is 4.75. The number of rotatable bonds is 6. The summed E-state index contributed by atoms with van der Waals surface area (Å²) in [6, 6.07) is 5.21. The lowest BCUT2D eigenvalue weighted by Crippen LogP contribution is -2.45. The Bertz CT molecular complexity index is 792. The molecule has 0 saturated carbocycles. The maximum absolute atomic E-state index is 13.0. The van der Waals surface area contributed by atoms with Crippen LogP contribution in [0.5, 0.6) is 5.75 Å². The van der Waals surface area contributed by atoms with E-state index < -0.39 is 11.7 Å². The molecule has 2 N–H and O–H groups in total. The summed E-state index contributed by atoms with van der Waals surface area (Å²) < 4.78 is 44.4. The normalized spacial score (nSPS) is 15.6. The van der Waals surface area contributed by atoms with Gasteiger partial charge in [-0.25, -0.2) is 9.98 Å². The van der Waals surface area contributed by atoms with Gasteiger partial charge in [0, 0.05) is 25.6 Å². The fourth-order valence-electron chi connectivity index (χ4n) is 3.34. The number of hydrogen-bond acceptors (Lipinski definition) is 4. The number of aromatic nitrogens is 3. The summed E-state index contributed by atoms with van der Waals surface area (Å²) >= 11 is 0. The Labute approximate surface area is 190 Å². The maximum atomic E-state index is 13.0. The molecule has 0 bridgehead atoms. The Morgan fingerprint density at radius 1 is 1.30 bits per heavy atom. The number of piperidine rings is 1. The van der Waals surface area contributed by atoms with Crippen LogP contribution in [-0.4, -0.2) is 58.8 Å². The number of nitrogens with one attached hydrogen (secondary N) is 2. The molecule has 1 aliphatic rings. The lowest BCUT2D eigenvalue weighted by atomic mass is 9.96. The second kappa shape index (κ2) is 11.4. The van der Waals surface area contributed by atoms with Crippen molar-refractivity contribution < 1.29 is 17.9 Å². The highest BCUT2D eigenvalue weighted by Gasteiger charge is 2.34. The first-order valence-electron chi connectivity index (χ1n) is 9.66. The number of hydrogen-bond donors (Lipinski definition) is 2. The third-order valence-electron chi connectivity index (χ3n) is 4.75. The summed E-state index contributed by atoms with van der Waals surface area (Å²) in [5.74, 6) is 1.83. The molecule has 11 heteroatoms. The molecule has 1 aromatic heterocycles. The zero-order valence-electron chi connectivity index (χ0n) is 16.7. The van der Waals surface area contributed by atoms with Crippen LogP contribution in [0.4, 0.5) is 13.2 Å². The van der Waals surface area contributed by atoms with Gasteiger partial charge in [-0.3, -0.25) is 5.10 Å². The van der Waals surface area contributed by atoms with Crippen LogP contribution < -0.4 is 10.1 Å². The minimum Gasteiger partial charge on any atom is -0.491 e. The first kappa shape index (κ1) is 24.2. The molecule has 166 valence electrons. The van der Waals surface area contributed by atoms with Gasteiger partial charge in [-0.2, -0.15) is 18.3 Å². The summed E-state index contributed by atoms with van der Waals surface area (Å²) in [6.45, 7) is 4.64. The van der Waals surface area contributed by atoms with Gasteiger partial charge in [-0.15, -0.1) is 24.0 Å². The number of aromatic amines is 1. The summed E-state index contributed by atoms with van der Waals surface area (Å²) in [7, 11) is 0. The Morgan fingerprint density at radius 2 is 2.03 bits per heavy atom. The van der Waals surface area contributed by atoms with Crippen molar-refractivity contribution in [3.8, 4) is 5.75 Å². The molecular formula is C19H26F3IN6O. The van der Waals surface area contributed by atoms with E-state index in [1.54, 1.807) is 0 Å². The molecule has 0 spiro atoms. The Morgan fingerprint density at radius 3 is 2.67 bits per heavy atom. The van der Waals surface area contributed by atoms with Crippen LogP contribution in [0.2, 0.25) is 0 Å². The molecule has 3 rings (SSSR count). The van der Waals surface area contributed by atoms with Crippen LogP contribution >= 0.6 is 24.0 Å². The van der Waals surface area contributed by atoms with Crippen molar-refractivity contribution >= 4 is 29.9 Å². The van der Waals surface area contributed by atoms with Gasteiger partial charge < -0.3 is 15.0 Å². The smallest absolute Gasteiger partial charge is 0.419 e. The largest absolute Gasteiger partial charge is 0.491 e. The molecule has 30 heavy (non-hydrogen) atoms. The SMILES string of the molecule is CCNC(=NCCOc1ccccc1C(F)(F)F)N1CCC(c2ncn[nH]2)CC1.I. The van der Waals surface area contributed by atoms with Crippen LogP contribution in [0.25, 0.3) is 0 Å². The van der Waals surface area contributed by atoms with Crippen molar-refractivity contribution in [1.82, 2.24) is 25.4 Å². The topological polar surface area (TPSA) is 78.4 Å². The predicted molar refractivity (Wildman–Crippen MR) is 118 cm³/mol.